The Labute approximate surface area is 201 Å². The number of likely N-dealkylation sites (tertiary alicyclic amines) is 1. The highest BCUT2D eigenvalue weighted by Gasteiger charge is 2.27. The van der Waals surface area contributed by atoms with Gasteiger partial charge < -0.3 is 14.8 Å². The summed E-state index contributed by atoms with van der Waals surface area (Å²) in [6, 6.07) is 5.70. The predicted molar refractivity (Wildman–Crippen MR) is 132 cm³/mol. The van der Waals surface area contributed by atoms with Crippen LogP contribution in [0.3, 0.4) is 0 Å². The van der Waals surface area contributed by atoms with Crippen LogP contribution in [0.2, 0.25) is 0 Å². The van der Waals surface area contributed by atoms with E-state index < -0.39 is 5.43 Å². The molecule has 2 aromatic rings. The molecule has 4 rings (SSSR count). The van der Waals surface area contributed by atoms with Gasteiger partial charge in [0.05, 0.1) is 12.2 Å². The maximum absolute atomic E-state index is 13.4. The van der Waals surface area contributed by atoms with Gasteiger partial charge in [-0.15, -0.1) is 0 Å². The molecule has 182 valence electrons. The zero-order chi connectivity index (χ0) is 23.9. The number of carbonyl (C=O) groups is 2. The molecule has 3 heterocycles. The Kier molecular flexibility index (Phi) is 8.14. The molecule has 0 unspecified atom stereocenters. The Morgan fingerprint density at radius 1 is 1.00 bits per heavy atom. The summed E-state index contributed by atoms with van der Waals surface area (Å²) in [6.07, 6.45) is 14.5. The van der Waals surface area contributed by atoms with Crippen LogP contribution in [0.4, 0.5) is 0 Å². The van der Waals surface area contributed by atoms with Crippen molar-refractivity contribution in [2.75, 3.05) is 13.1 Å². The van der Waals surface area contributed by atoms with Gasteiger partial charge in [0.2, 0.25) is 5.43 Å². The average Bonchev–Trinajstić information content (AvgIpc) is 2.82. The van der Waals surface area contributed by atoms with Gasteiger partial charge in [-0.05, 0) is 43.7 Å². The maximum Gasteiger partial charge on any atom is 0.259 e. The van der Waals surface area contributed by atoms with E-state index in [0.29, 0.717) is 25.6 Å². The summed E-state index contributed by atoms with van der Waals surface area (Å²) < 4.78 is 1.75. The molecule has 0 spiro atoms. The Hall–Kier alpha value is -2.96. The lowest BCUT2D eigenvalue weighted by molar-refractivity contribution is 0.0680. The van der Waals surface area contributed by atoms with Crippen LogP contribution in [0, 0.1) is 5.92 Å². The lowest BCUT2D eigenvalue weighted by Gasteiger charge is -2.31. The summed E-state index contributed by atoms with van der Waals surface area (Å²) in [6.45, 7) is 3.78. The van der Waals surface area contributed by atoms with Gasteiger partial charge in [-0.3, -0.25) is 19.4 Å². The predicted octanol–water partition coefficient (Wildman–Crippen LogP) is 4.01. The summed E-state index contributed by atoms with van der Waals surface area (Å²) in [5, 5.41) is 3.09. The van der Waals surface area contributed by atoms with Crippen LogP contribution in [0.25, 0.3) is 0 Å². The van der Waals surface area contributed by atoms with Crippen molar-refractivity contribution >= 4 is 11.8 Å². The van der Waals surface area contributed by atoms with Gasteiger partial charge >= 0.3 is 0 Å². The van der Waals surface area contributed by atoms with Crippen LogP contribution in [0.15, 0.2) is 41.6 Å². The van der Waals surface area contributed by atoms with Crippen molar-refractivity contribution in [3.8, 4) is 0 Å². The normalized spacial score (nSPS) is 19.8. The zero-order valence-corrected chi connectivity index (χ0v) is 20.2. The lowest BCUT2D eigenvalue weighted by atomic mass is 9.96. The van der Waals surface area contributed by atoms with Crippen molar-refractivity contribution in [2.45, 2.75) is 77.3 Å². The SMILES string of the molecule is C[C@@H]1CCCN(C(=O)c2cn(Cc3ccccn3)cc(C(=O)NC3CCCCCCC3)c2=O)C1. The molecule has 2 fully saturated rings. The lowest BCUT2D eigenvalue weighted by Crippen LogP contribution is -2.43. The van der Waals surface area contributed by atoms with E-state index in [9.17, 15) is 14.4 Å². The quantitative estimate of drug-likeness (QED) is 0.725. The summed E-state index contributed by atoms with van der Waals surface area (Å²) >= 11 is 0. The summed E-state index contributed by atoms with van der Waals surface area (Å²) in [5.74, 6) is -0.266. The van der Waals surface area contributed by atoms with Crippen molar-refractivity contribution in [2.24, 2.45) is 5.92 Å². The second-order valence-electron chi connectivity index (χ2n) is 9.92. The molecule has 34 heavy (non-hydrogen) atoms. The number of rotatable bonds is 5. The molecule has 1 atom stereocenters. The van der Waals surface area contributed by atoms with Crippen LogP contribution in [0.5, 0.6) is 0 Å². The fourth-order valence-corrected chi connectivity index (χ4v) is 5.12. The number of pyridine rings is 2. The standard InChI is InChI=1S/C27H36N4O3/c1-20-10-9-15-31(16-20)27(34)24-19-30(17-22-13-7-8-14-28-22)18-23(25(24)32)26(33)29-21-11-5-3-2-4-6-12-21/h7-8,13-14,18-21H,2-6,9-12,15-17H2,1H3,(H,29,33)/t20-/m1/s1. The van der Waals surface area contributed by atoms with E-state index in [1.54, 1.807) is 28.1 Å². The first-order chi connectivity index (χ1) is 16.5. The second kappa shape index (κ2) is 11.4. The first-order valence-electron chi connectivity index (χ1n) is 12.8. The van der Waals surface area contributed by atoms with Crippen LogP contribution in [-0.4, -0.2) is 45.4 Å². The zero-order valence-electron chi connectivity index (χ0n) is 20.2. The molecule has 2 aliphatic rings. The van der Waals surface area contributed by atoms with Crippen LogP contribution < -0.4 is 10.7 Å². The van der Waals surface area contributed by atoms with E-state index in [0.717, 1.165) is 44.2 Å². The molecule has 7 nitrogen and oxygen atoms in total. The molecular formula is C27H36N4O3. The van der Waals surface area contributed by atoms with Gasteiger partial charge in [0.15, 0.2) is 0 Å². The molecule has 7 heteroatoms. The molecule has 0 radical (unpaired) electrons. The third kappa shape index (κ3) is 6.13. The molecule has 1 aliphatic carbocycles. The van der Waals surface area contributed by atoms with Crippen molar-refractivity contribution in [3.63, 3.8) is 0 Å². The van der Waals surface area contributed by atoms with E-state index >= 15 is 0 Å². The van der Waals surface area contributed by atoms with Crippen LogP contribution in [0.1, 0.15) is 91.1 Å². The van der Waals surface area contributed by atoms with Crippen molar-refractivity contribution in [3.05, 3.63) is 63.8 Å². The minimum Gasteiger partial charge on any atom is -0.349 e. The highest BCUT2D eigenvalue weighted by atomic mass is 16.2. The molecule has 1 saturated carbocycles. The molecule has 2 amide bonds. The van der Waals surface area contributed by atoms with Gasteiger partial charge in [0.1, 0.15) is 11.1 Å². The van der Waals surface area contributed by atoms with Gasteiger partial charge in [0, 0.05) is 37.7 Å². The second-order valence-corrected chi connectivity index (χ2v) is 9.92. The first kappa shape index (κ1) is 24.2. The Morgan fingerprint density at radius 3 is 2.44 bits per heavy atom. The molecule has 0 bridgehead atoms. The number of hydrogen-bond acceptors (Lipinski definition) is 4. The van der Waals surface area contributed by atoms with Gasteiger partial charge in [0.25, 0.3) is 11.8 Å². The van der Waals surface area contributed by atoms with E-state index in [4.69, 9.17) is 0 Å². The number of nitrogens with zero attached hydrogens (tertiary/aromatic N) is 3. The highest BCUT2D eigenvalue weighted by Crippen LogP contribution is 2.19. The first-order valence-corrected chi connectivity index (χ1v) is 12.8. The average molecular weight is 465 g/mol. The van der Waals surface area contributed by atoms with Crippen LogP contribution >= 0.6 is 0 Å². The van der Waals surface area contributed by atoms with Crippen molar-refractivity contribution in [1.82, 2.24) is 19.8 Å². The minimum atomic E-state index is -0.483. The Bertz CT molecular complexity index is 1040. The summed E-state index contributed by atoms with van der Waals surface area (Å²) in [7, 11) is 0. The molecular weight excluding hydrogens is 428 g/mol. The number of carbonyl (C=O) groups excluding carboxylic acids is 2. The van der Waals surface area contributed by atoms with E-state index in [-0.39, 0.29) is 29.0 Å². The minimum absolute atomic E-state index is 0.0360. The van der Waals surface area contributed by atoms with E-state index in [1.165, 1.54) is 19.3 Å². The van der Waals surface area contributed by atoms with Crippen molar-refractivity contribution in [1.29, 1.82) is 0 Å². The largest absolute Gasteiger partial charge is 0.349 e. The van der Waals surface area contributed by atoms with Gasteiger partial charge in [-0.1, -0.05) is 45.1 Å². The molecule has 1 aliphatic heterocycles. The smallest absolute Gasteiger partial charge is 0.259 e. The fraction of sp³-hybridized carbons (Fsp3) is 0.556. The molecule has 0 aromatic carbocycles. The van der Waals surface area contributed by atoms with Gasteiger partial charge in [-0.2, -0.15) is 0 Å². The number of aromatic nitrogens is 2. The monoisotopic (exact) mass is 464 g/mol. The number of nitrogens with one attached hydrogen (secondary N) is 1. The summed E-state index contributed by atoms with van der Waals surface area (Å²) in [4.78, 5) is 46.2. The number of hydrogen-bond donors (Lipinski definition) is 1. The molecule has 2 aromatic heterocycles. The molecule has 1 saturated heterocycles. The summed E-state index contributed by atoms with van der Waals surface area (Å²) in [5.41, 5.74) is 0.413. The van der Waals surface area contributed by atoms with Crippen LogP contribution in [-0.2, 0) is 6.54 Å². The van der Waals surface area contributed by atoms with Crippen molar-refractivity contribution < 1.29 is 9.59 Å². The van der Waals surface area contributed by atoms with E-state index in [2.05, 4.69) is 17.2 Å². The van der Waals surface area contributed by atoms with Gasteiger partial charge in [-0.25, -0.2) is 0 Å². The van der Waals surface area contributed by atoms with E-state index in [1.807, 2.05) is 18.2 Å². The number of amides is 2. The third-order valence-corrected chi connectivity index (χ3v) is 7.01. The Morgan fingerprint density at radius 2 is 1.74 bits per heavy atom. The molecule has 1 N–H and O–H groups in total. The maximum atomic E-state index is 13.4. The third-order valence-electron chi connectivity index (χ3n) is 7.01. The highest BCUT2D eigenvalue weighted by molar-refractivity contribution is 5.99. The Balaban J connectivity index is 1.64. The number of piperidine rings is 1. The fourth-order valence-electron chi connectivity index (χ4n) is 5.12. The topological polar surface area (TPSA) is 84.3 Å².